The van der Waals surface area contributed by atoms with E-state index in [1.54, 1.807) is 0 Å². The average Bonchev–Trinajstić information content (AvgIpc) is 3.74. The Balaban J connectivity index is 1.21. The smallest absolute Gasteiger partial charge is 0.238 e. The highest BCUT2D eigenvalue weighted by Gasteiger charge is 2.38. The summed E-state index contributed by atoms with van der Waals surface area (Å²) >= 11 is 0. The molecular formula is C45H36B5N5. The number of aromatic nitrogens is 4. The highest BCUT2D eigenvalue weighted by Crippen LogP contribution is 2.50. The fourth-order valence-electron chi connectivity index (χ4n) is 8.89. The van der Waals surface area contributed by atoms with E-state index in [0.717, 1.165) is 22.2 Å². The van der Waals surface area contributed by atoms with Crippen molar-refractivity contribution in [1.29, 1.82) is 0 Å². The van der Waals surface area contributed by atoms with Gasteiger partial charge in [0.25, 0.3) is 0 Å². The Morgan fingerprint density at radius 3 is 1.82 bits per heavy atom. The van der Waals surface area contributed by atoms with E-state index in [0.29, 0.717) is 17.6 Å². The van der Waals surface area contributed by atoms with Crippen LogP contribution < -0.4 is 32.2 Å². The highest BCUT2D eigenvalue weighted by molar-refractivity contribution is 6.68. The van der Waals surface area contributed by atoms with Gasteiger partial charge in [-0.25, -0.2) is 4.98 Å². The lowest BCUT2D eigenvalue weighted by Gasteiger charge is -2.28. The average molecular weight is 701 g/mol. The van der Waals surface area contributed by atoms with Gasteiger partial charge < -0.3 is 4.90 Å². The van der Waals surface area contributed by atoms with Crippen molar-refractivity contribution in [3.63, 3.8) is 0 Å². The predicted octanol–water partition coefficient (Wildman–Crippen LogP) is 1.99. The second kappa shape index (κ2) is 12.9. The van der Waals surface area contributed by atoms with Crippen LogP contribution in [-0.2, 0) is 0 Å². The minimum absolute atomic E-state index is 0.168. The van der Waals surface area contributed by atoms with Crippen molar-refractivity contribution in [3.8, 4) is 39.9 Å². The molecule has 3 heterocycles. The fourth-order valence-corrected chi connectivity index (χ4v) is 8.89. The lowest BCUT2D eigenvalue weighted by molar-refractivity contribution is 0.745. The van der Waals surface area contributed by atoms with Gasteiger partial charge >= 0.3 is 0 Å². The molecule has 2 atom stereocenters. The van der Waals surface area contributed by atoms with E-state index in [2.05, 4.69) is 176 Å². The SMILES string of the molecule is Bc1c(B)c(B)c(-c2nc(-c3ccccc3)nc(-n3c4ccccc4c4cc5c(cc43)C3C=CC=CC3N5c3ccc(-c4ccccc4)cc3)n2)c(B)c1B. The van der Waals surface area contributed by atoms with E-state index in [4.69, 9.17) is 15.0 Å². The Labute approximate surface area is 325 Å². The molecule has 256 valence electrons. The summed E-state index contributed by atoms with van der Waals surface area (Å²) in [5, 5.41) is 2.34. The molecule has 0 spiro atoms. The number of fused-ring (bicyclic) bond motifs is 6. The van der Waals surface area contributed by atoms with Gasteiger partial charge in [0.2, 0.25) is 5.95 Å². The van der Waals surface area contributed by atoms with Gasteiger partial charge in [-0.3, -0.25) is 4.57 Å². The van der Waals surface area contributed by atoms with Crippen LogP contribution in [0.25, 0.3) is 61.7 Å². The molecule has 8 aromatic rings. The second-order valence-electron chi connectivity index (χ2n) is 15.0. The molecule has 5 nitrogen and oxygen atoms in total. The Morgan fingerprint density at radius 1 is 0.491 bits per heavy atom. The van der Waals surface area contributed by atoms with Crippen molar-refractivity contribution >= 4 is 99.7 Å². The Morgan fingerprint density at radius 2 is 1.09 bits per heavy atom. The van der Waals surface area contributed by atoms with Crippen LogP contribution in [0, 0.1) is 0 Å². The summed E-state index contributed by atoms with van der Waals surface area (Å²) < 4.78 is 2.26. The van der Waals surface area contributed by atoms with E-state index >= 15 is 0 Å². The van der Waals surface area contributed by atoms with Crippen molar-refractivity contribution in [2.24, 2.45) is 0 Å². The first kappa shape index (κ1) is 33.3. The zero-order valence-corrected chi connectivity index (χ0v) is 31.7. The lowest BCUT2D eigenvalue weighted by Crippen LogP contribution is -2.55. The Kier molecular flexibility index (Phi) is 7.84. The van der Waals surface area contributed by atoms with E-state index in [1.807, 2.05) is 18.2 Å². The molecule has 2 aromatic heterocycles. The molecule has 1 aliphatic heterocycles. The summed E-state index contributed by atoms with van der Waals surface area (Å²) in [5.74, 6) is 2.17. The third-order valence-corrected chi connectivity index (χ3v) is 12.2. The molecule has 1 aliphatic carbocycles. The molecule has 6 aromatic carbocycles. The van der Waals surface area contributed by atoms with E-state index in [9.17, 15) is 0 Å². The maximum Gasteiger partial charge on any atom is 0.238 e. The van der Waals surface area contributed by atoms with Crippen molar-refractivity contribution < 1.29 is 0 Å². The first-order chi connectivity index (χ1) is 26.9. The molecule has 10 heteroatoms. The first-order valence-corrected chi connectivity index (χ1v) is 19.1. The Bertz CT molecular complexity index is 2860. The van der Waals surface area contributed by atoms with Gasteiger partial charge in [0, 0.05) is 39.2 Å². The molecule has 10 rings (SSSR count). The monoisotopic (exact) mass is 701 g/mol. The van der Waals surface area contributed by atoms with Crippen LogP contribution in [0.5, 0.6) is 0 Å². The minimum Gasteiger partial charge on any atom is -0.333 e. The molecule has 0 saturated carbocycles. The van der Waals surface area contributed by atoms with Crippen LogP contribution in [-0.4, -0.2) is 64.8 Å². The number of nitrogens with zero attached hydrogens (tertiary/aromatic N) is 5. The predicted molar refractivity (Wildman–Crippen MR) is 245 cm³/mol. The van der Waals surface area contributed by atoms with Gasteiger partial charge in [-0.2, -0.15) is 9.97 Å². The quantitative estimate of drug-likeness (QED) is 0.258. The number of allylic oxidation sites excluding steroid dienone is 2. The molecule has 0 amide bonds. The summed E-state index contributed by atoms with van der Waals surface area (Å²) in [6, 6.07) is 43.5. The summed E-state index contributed by atoms with van der Waals surface area (Å²) in [5.41, 5.74) is 16.6. The first-order valence-electron chi connectivity index (χ1n) is 19.1. The van der Waals surface area contributed by atoms with E-state index in [-0.39, 0.29) is 12.0 Å². The van der Waals surface area contributed by atoms with Gasteiger partial charge in [0.05, 0.1) is 17.1 Å². The van der Waals surface area contributed by atoms with Crippen molar-refractivity contribution in [2.45, 2.75) is 12.0 Å². The second-order valence-corrected chi connectivity index (χ2v) is 15.0. The largest absolute Gasteiger partial charge is 0.333 e. The lowest BCUT2D eigenvalue weighted by atomic mass is 9.60. The van der Waals surface area contributed by atoms with Crippen LogP contribution in [0.4, 0.5) is 11.4 Å². The standard InChI is InChI=1S/C45H36B5N5/c46-38-37(39(47)41(49)42(50)40(38)48)44-51-43(27-13-5-2-6-14-27)52-45(53-44)55-34-18-10-8-16-30(34)32-23-35-31(24-36(32)55)29-15-7-9-17-33(29)54(35)28-21-19-26(20-22-28)25-11-3-1-4-12-25/h1-24,29,33H,46-50H2. The molecule has 55 heavy (non-hydrogen) atoms. The fraction of sp³-hybridized carbons (Fsp3) is 0.0444. The van der Waals surface area contributed by atoms with Gasteiger partial charge in [0.15, 0.2) is 11.6 Å². The molecule has 2 aliphatic rings. The molecular weight excluding hydrogens is 665 g/mol. The van der Waals surface area contributed by atoms with Crippen LogP contribution in [0.15, 0.2) is 146 Å². The number of para-hydroxylation sites is 1. The topological polar surface area (TPSA) is 46.8 Å². The van der Waals surface area contributed by atoms with Gasteiger partial charge in [0.1, 0.15) is 39.2 Å². The van der Waals surface area contributed by atoms with Crippen LogP contribution >= 0.6 is 0 Å². The molecule has 0 fully saturated rings. The van der Waals surface area contributed by atoms with Crippen molar-refractivity contribution in [2.75, 3.05) is 4.90 Å². The summed E-state index contributed by atoms with van der Waals surface area (Å²) in [6.07, 6.45) is 9.06. The third-order valence-electron chi connectivity index (χ3n) is 12.2. The molecule has 0 saturated heterocycles. The number of rotatable bonds is 5. The number of benzene rings is 6. The molecule has 0 N–H and O–H groups in total. The maximum absolute atomic E-state index is 5.38. The van der Waals surface area contributed by atoms with E-state index in [1.165, 1.54) is 66.2 Å². The molecule has 0 bridgehead atoms. The zero-order chi connectivity index (χ0) is 37.4. The van der Waals surface area contributed by atoms with Crippen molar-refractivity contribution in [3.05, 3.63) is 151 Å². The molecule has 2 unspecified atom stereocenters. The molecule has 0 radical (unpaired) electrons. The third kappa shape index (κ3) is 5.26. The van der Waals surface area contributed by atoms with Gasteiger partial charge in [-0.1, -0.05) is 126 Å². The number of anilines is 2. The maximum atomic E-state index is 5.38. The van der Waals surface area contributed by atoms with Crippen LogP contribution in [0.2, 0.25) is 0 Å². The van der Waals surface area contributed by atoms with E-state index < -0.39 is 0 Å². The zero-order valence-electron chi connectivity index (χ0n) is 31.7. The minimum atomic E-state index is 0.168. The number of hydrogen-bond donors (Lipinski definition) is 0. The normalized spacial score (nSPS) is 15.8. The van der Waals surface area contributed by atoms with Crippen LogP contribution in [0.1, 0.15) is 11.5 Å². The van der Waals surface area contributed by atoms with Crippen LogP contribution in [0.3, 0.4) is 0 Å². The van der Waals surface area contributed by atoms with Crippen molar-refractivity contribution in [1.82, 2.24) is 19.5 Å². The van der Waals surface area contributed by atoms with Gasteiger partial charge in [-0.05, 0) is 47.0 Å². The Hall–Kier alpha value is -6.27. The highest BCUT2D eigenvalue weighted by atomic mass is 15.2. The summed E-state index contributed by atoms with van der Waals surface area (Å²) in [6.45, 7) is 0. The van der Waals surface area contributed by atoms with Gasteiger partial charge in [-0.15, -0.1) is 16.4 Å². The summed E-state index contributed by atoms with van der Waals surface area (Å²) in [4.78, 5) is 18.4. The number of hydrogen-bond acceptors (Lipinski definition) is 4. The summed E-state index contributed by atoms with van der Waals surface area (Å²) in [7, 11) is 11.0.